The van der Waals surface area contributed by atoms with Gasteiger partial charge in [0.15, 0.2) is 5.16 Å². The first kappa shape index (κ1) is 9.15. The Labute approximate surface area is 86.7 Å². The zero-order valence-corrected chi connectivity index (χ0v) is 8.64. The number of anilines is 1. The highest BCUT2D eigenvalue weighted by Crippen LogP contribution is 2.29. The van der Waals surface area contributed by atoms with Crippen LogP contribution in [0.1, 0.15) is 5.56 Å². The van der Waals surface area contributed by atoms with E-state index in [9.17, 15) is 0 Å². The molecular formula is C10H11N3S. The van der Waals surface area contributed by atoms with Gasteiger partial charge in [0.25, 0.3) is 0 Å². The van der Waals surface area contributed by atoms with Crippen molar-refractivity contribution in [2.24, 2.45) is 0 Å². The Bertz CT molecular complexity index is 423. The second kappa shape index (κ2) is 3.75. The predicted octanol–water partition coefficient (Wildman–Crippen LogP) is 2.45. The van der Waals surface area contributed by atoms with E-state index in [1.165, 1.54) is 17.3 Å². The third-order valence-corrected chi connectivity index (χ3v) is 2.85. The molecule has 0 aliphatic carbocycles. The number of hydrogen-bond acceptors (Lipinski definition) is 3. The largest absolute Gasteiger partial charge is 0.398 e. The minimum atomic E-state index is 0.798. The van der Waals surface area contributed by atoms with E-state index in [1.807, 2.05) is 25.1 Å². The number of benzene rings is 1. The second-order valence-corrected chi connectivity index (χ2v) is 4.07. The predicted molar refractivity (Wildman–Crippen MR) is 58.3 cm³/mol. The Morgan fingerprint density at radius 2 is 2.29 bits per heavy atom. The molecule has 14 heavy (non-hydrogen) atoms. The molecule has 0 spiro atoms. The zero-order chi connectivity index (χ0) is 9.97. The summed E-state index contributed by atoms with van der Waals surface area (Å²) in [4.78, 5) is 8.18. The maximum absolute atomic E-state index is 5.88. The standard InChI is InChI=1S/C10H11N3S/c1-7-2-3-9(8(11)6-7)14-10-12-4-5-13-10/h2-6H,11H2,1H3,(H,12,13). The minimum Gasteiger partial charge on any atom is -0.398 e. The van der Waals surface area contributed by atoms with Crippen LogP contribution in [0.4, 0.5) is 5.69 Å². The van der Waals surface area contributed by atoms with Crippen molar-refractivity contribution in [3.05, 3.63) is 36.2 Å². The third kappa shape index (κ3) is 1.90. The molecule has 1 aromatic heterocycles. The van der Waals surface area contributed by atoms with Crippen LogP contribution in [0.2, 0.25) is 0 Å². The van der Waals surface area contributed by atoms with Gasteiger partial charge in [0.05, 0.1) is 0 Å². The number of H-pyrrole nitrogens is 1. The molecule has 0 saturated heterocycles. The van der Waals surface area contributed by atoms with Crippen molar-refractivity contribution in [2.45, 2.75) is 17.0 Å². The van der Waals surface area contributed by atoms with Crippen LogP contribution in [0.5, 0.6) is 0 Å². The van der Waals surface area contributed by atoms with Gasteiger partial charge in [-0.15, -0.1) is 0 Å². The van der Waals surface area contributed by atoms with Crippen molar-refractivity contribution in [3.8, 4) is 0 Å². The first-order valence-corrected chi connectivity index (χ1v) is 5.11. The summed E-state index contributed by atoms with van der Waals surface area (Å²) < 4.78 is 0. The first-order chi connectivity index (χ1) is 6.75. The molecule has 72 valence electrons. The lowest BCUT2D eigenvalue weighted by Gasteiger charge is -2.03. The van der Waals surface area contributed by atoms with Gasteiger partial charge < -0.3 is 10.7 Å². The number of nitrogen functional groups attached to an aromatic ring is 1. The van der Waals surface area contributed by atoms with Crippen molar-refractivity contribution in [1.82, 2.24) is 9.97 Å². The van der Waals surface area contributed by atoms with E-state index in [1.54, 1.807) is 12.4 Å². The summed E-state index contributed by atoms with van der Waals surface area (Å²) in [6, 6.07) is 6.02. The summed E-state index contributed by atoms with van der Waals surface area (Å²) in [6.45, 7) is 2.03. The molecule has 4 heteroatoms. The minimum absolute atomic E-state index is 0.798. The van der Waals surface area contributed by atoms with Gasteiger partial charge in [0.1, 0.15) is 0 Å². The van der Waals surface area contributed by atoms with Gasteiger partial charge in [-0.2, -0.15) is 0 Å². The molecule has 1 heterocycles. The fraction of sp³-hybridized carbons (Fsp3) is 0.100. The number of nitrogens with one attached hydrogen (secondary N) is 1. The first-order valence-electron chi connectivity index (χ1n) is 4.29. The highest BCUT2D eigenvalue weighted by molar-refractivity contribution is 7.99. The molecule has 2 rings (SSSR count). The van der Waals surface area contributed by atoms with Crippen LogP contribution in [-0.4, -0.2) is 9.97 Å². The quantitative estimate of drug-likeness (QED) is 0.740. The molecule has 0 atom stereocenters. The molecule has 3 N–H and O–H groups in total. The Balaban J connectivity index is 2.25. The number of imidazole rings is 1. The van der Waals surface area contributed by atoms with Gasteiger partial charge in [-0.1, -0.05) is 6.07 Å². The van der Waals surface area contributed by atoms with Crippen molar-refractivity contribution >= 4 is 17.4 Å². The highest BCUT2D eigenvalue weighted by atomic mass is 32.2. The normalized spacial score (nSPS) is 10.4. The summed E-state index contributed by atoms with van der Waals surface area (Å²) in [7, 11) is 0. The van der Waals surface area contributed by atoms with Crippen LogP contribution < -0.4 is 5.73 Å². The van der Waals surface area contributed by atoms with Crippen LogP contribution in [-0.2, 0) is 0 Å². The maximum Gasteiger partial charge on any atom is 0.170 e. The molecule has 0 saturated carbocycles. The maximum atomic E-state index is 5.88. The Kier molecular flexibility index (Phi) is 2.45. The van der Waals surface area contributed by atoms with Gasteiger partial charge in [-0.25, -0.2) is 4.98 Å². The molecule has 0 unspecified atom stereocenters. The summed E-state index contributed by atoms with van der Waals surface area (Å²) in [5, 5.41) is 0.862. The summed E-state index contributed by atoms with van der Waals surface area (Å²) in [6.07, 6.45) is 3.53. The van der Waals surface area contributed by atoms with E-state index in [-0.39, 0.29) is 0 Å². The summed E-state index contributed by atoms with van der Waals surface area (Å²) >= 11 is 1.54. The van der Waals surface area contributed by atoms with E-state index in [0.717, 1.165) is 15.7 Å². The van der Waals surface area contributed by atoms with Crippen molar-refractivity contribution in [3.63, 3.8) is 0 Å². The Morgan fingerprint density at radius 1 is 1.43 bits per heavy atom. The van der Waals surface area contributed by atoms with Gasteiger partial charge >= 0.3 is 0 Å². The lowest BCUT2D eigenvalue weighted by atomic mass is 10.2. The summed E-state index contributed by atoms with van der Waals surface area (Å²) in [5.74, 6) is 0. The van der Waals surface area contributed by atoms with Gasteiger partial charge in [-0.05, 0) is 36.4 Å². The fourth-order valence-corrected chi connectivity index (χ4v) is 1.93. The third-order valence-electron chi connectivity index (χ3n) is 1.85. The molecule has 2 aromatic rings. The molecular weight excluding hydrogens is 194 g/mol. The molecule has 3 nitrogen and oxygen atoms in total. The Hall–Kier alpha value is -1.42. The number of hydrogen-bond donors (Lipinski definition) is 2. The average Bonchev–Trinajstić information content (AvgIpc) is 2.62. The van der Waals surface area contributed by atoms with E-state index < -0.39 is 0 Å². The van der Waals surface area contributed by atoms with Gasteiger partial charge in [0, 0.05) is 23.0 Å². The number of aromatic nitrogens is 2. The fourth-order valence-electron chi connectivity index (χ4n) is 1.17. The van der Waals surface area contributed by atoms with Crippen molar-refractivity contribution in [1.29, 1.82) is 0 Å². The van der Waals surface area contributed by atoms with Crippen molar-refractivity contribution < 1.29 is 0 Å². The SMILES string of the molecule is Cc1ccc(Sc2ncc[nH]2)c(N)c1. The van der Waals surface area contributed by atoms with Crippen LogP contribution in [0.15, 0.2) is 40.6 Å². The van der Waals surface area contributed by atoms with Crippen LogP contribution in [0, 0.1) is 6.92 Å². The van der Waals surface area contributed by atoms with E-state index in [0.29, 0.717) is 0 Å². The number of rotatable bonds is 2. The Morgan fingerprint density at radius 3 is 2.93 bits per heavy atom. The molecule has 0 aliphatic heterocycles. The topological polar surface area (TPSA) is 54.7 Å². The van der Waals surface area contributed by atoms with E-state index >= 15 is 0 Å². The van der Waals surface area contributed by atoms with Gasteiger partial charge in [0.2, 0.25) is 0 Å². The molecule has 0 fully saturated rings. The summed E-state index contributed by atoms with van der Waals surface area (Å²) in [5.41, 5.74) is 7.85. The molecule has 0 radical (unpaired) electrons. The lowest BCUT2D eigenvalue weighted by molar-refractivity contribution is 1.06. The smallest absolute Gasteiger partial charge is 0.170 e. The molecule has 1 aromatic carbocycles. The molecule has 0 amide bonds. The van der Waals surface area contributed by atoms with Crippen LogP contribution in [0.3, 0.4) is 0 Å². The lowest BCUT2D eigenvalue weighted by Crippen LogP contribution is -1.89. The molecule has 0 aliphatic rings. The van der Waals surface area contributed by atoms with E-state index in [4.69, 9.17) is 5.73 Å². The van der Waals surface area contributed by atoms with E-state index in [2.05, 4.69) is 9.97 Å². The number of aromatic amines is 1. The monoisotopic (exact) mass is 205 g/mol. The highest BCUT2D eigenvalue weighted by Gasteiger charge is 2.02. The number of nitrogens with zero attached hydrogens (tertiary/aromatic N) is 1. The number of aryl methyl sites for hydroxylation is 1. The van der Waals surface area contributed by atoms with Crippen LogP contribution in [0.25, 0.3) is 0 Å². The zero-order valence-electron chi connectivity index (χ0n) is 7.82. The van der Waals surface area contributed by atoms with Crippen molar-refractivity contribution in [2.75, 3.05) is 5.73 Å². The van der Waals surface area contributed by atoms with Crippen LogP contribution >= 0.6 is 11.8 Å². The second-order valence-electron chi connectivity index (χ2n) is 3.04. The molecule has 0 bridgehead atoms. The van der Waals surface area contributed by atoms with Gasteiger partial charge in [-0.3, -0.25) is 0 Å². The number of nitrogens with two attached hydrogens (primary N) is 1. The average molecular weight is 205 g/mol.